The van der Waals surface area contributed by atoms with Gasteiger partial charge in [-0.3, -0.25) is 4.90 Å². The number of rotatable bonds is 5. The molecule has 4 atom stereocenters. The third kappa shape index (κ3) is 5.37. The number of halogens is 5. The third-order valence-electron chi connectivity index (χ3n) is 9.38. The molecule has 0 amide bonds. The second-order valence-electron chi connectivity index (χ2n) is 12.2. The number of morpholine rings is 1. The minimum Gasteiger partial charge on any atom is -0.472 e. The Hall–Kier alpha value is -3.56. The molecule has 15 heteroatoms. The first-order valence-corrected chi connectivity index (χ1v) is 15.2. The van der Waals surface area contributed by atoms with Crippen LogP contribution in [0.2, 0.25) is 0 Å². The molecule has 1 aromatic carbocycles. The van der Waals surface area contributed by atoms with Gasteiger partial charge in [0, 0.05) is 43.8 Å². The molecule has 0 bridgehead atoms. The summed E-state index contributed by atoms with van der Waals surface area (Å²) in [5.74, 6) is -1.66. The number of anilines is 2. The largest absolute Gasteiger partial charge is 0.472 e. The number of nitrogens with one attached hydrogen (secondary N) is 1. The first kappa shape index (κ1) is 30.1. The number of piperazine rings is 1. The van der Waals surface area contributed by atoms with Crippen molar-refractivity contribution in [1.29, 1.82) is 0 Å². The van der Waals surface area contributed by atoms with Crippen LogP contribution in [0.15, 0.2) is 6.07 Å². The van der Waals surface area contributed by atoms with E-state index in [-0.39, 0.29) is 52.6 Å². The average Bonchev–Trinajstić information content (AvgIpc) is 3.39. The highest BCUT2D eigenvalue weighted by molar-refractivity contribution is 5.97. The molecule has 45 heavy (non-hydrogen) atoms. The maximum absolute atomic E-state index is 16.7. The molecule has 3 N–H and O–H groups in total. The molecule has 4 aliphatic heterocycles. The molecule has 3 fully saturated rings. The van der Waals surface area contributed by atoms with E-state index in [2.05, 4.69) is 20.2 Å². The zero-order valence-electron chi connectivity index (χ0n) is 24.9. The molecule has 0 spiro atoms. The van der Waals surface area contributed by atoms with Gasteiger partial charge in [-0.1, -0.05) is 0 Å². The fourth-order valence-electron chi connectivity index (χ4n) is 7.10. The van der Waals surface area contributed by atoms with Gasteiger partial charge < -0.3 is 30.2 Å². The van der Waals surface area contributed by atoms with Gasteiger partial charge in [0.2, 0.25) is 5.88 Å². The van der Waals surface area contributed by atoms with Crippen LogP contribution in [0.3, 0.4) is 0 Å². The van der Waals surface area contributed by atoms with Crippen LogP contribution in [-0.2, 0) is 11.2 Å². The van der Waals surface area contributed by atoms with Crippen molar-refractivity contribution in [3.8, 4) is 23.1 Å². The highest BCUT2D eigenvalue weighted by atomic mass is 19.4. The lowest BCUT2D eigenvalue weighted by molar-refractivity contribution is -0.127. The Bertz CT molecular complexity index is 1640. The summed E-state index contributed by atoms with van der Waals surface area (Å²) in [5.41, 5.74) is 3.64. The fourth-order valence-corrected chi connectivity index (χ4v) is 7.10. The van der Waals surface area contributed by atoms with E-state index in [1.807, 2.05) is 11.8 Å². The van der Waals surface area contributed by atoms with Crippen LogP contribution in [0.4, 0.5) is 33.5 Å². The lowest BCUT2D eigenvalue weighted by Gasteiger charge is -2.38. The molecule has 4 aliphatic rings. The number of alkyl halides is 3. The van der Waals surface area contributed by atoms with E-state index >= 15 is 4.39 Å². The number of nitrogens with zero attached hydrogens (tertiary/aromatic N) is 5. The number of pyridine rings is 1. The molecule has 2 aromatic heterocycles. The van der Waals surface area contributed by atoms with Crippen LogP contribution < -0.4 is 25.4 Å². The van der Waals surface area contributed by atoms with Crippen molar-refractivity contribution >= 4 is 22.4 Å². The Labute approximate surface area is 256 Å². The van der Waals surface area contributed by atoms with Gasteiger partial charge in [-0.25, -0.2) is 13.8 Å². The molecule has 242 valence electrons. The van der Waals surface area contributed by atoms with E-state index in [4.69, 9.17) is 24.9 Å². The van der Waals surface area contributed by atoms with Crippen molar-refractivity contribution in [3.63, 3.8) is 0 Å². The molecule has 6 heterocycles. The van der Waals surface area contributed by atoms with E-state index < -0.39 is 47.3 Å². The summed E-state index contributed by atoms with van der Waals surface area (Å²) in [4.78, 5) is 18.0. The zero-order chi connectivity index (χ0) is 31.6. The summed E-state index contributed by atoms with van der Waals surface area (Å²) < 4.78 is 90.6. The van der Waals surface area contributed by atoms with E-state index in [1.54, 1.807) is 0 Å². The molecule has 10 nitrogen and oxygen atoms in total. The summed E-state index contributed by atoms with van der Waals surface area (Å²) >= 11 is 0. The Morgan fingerprint density at radius 2 is 1.96 bits per heavy atom. The smallest absolute Gasteiger partial charge is 0.393 e. The molecule has 3 aromatic rings. The molecular weight excluding hydrogens is 601 g/mol. The standard InChI is InChI=1S/C30H34F5N7O3/c1-14-19(10-30(33,34)35)18(9-20(36)23(14)31)25-24(32)26-22-27(42-6-5-37-11-21(42)15(2)45-28(22)38-25)40-29(39-26)44-13-17-4-3-16-12-43-8-7-41(16)17/h9,15-17,21,37H,3-8,10-13,36H2,1-2H3/t15-,16-,17-,21-/m0/s1. The van der Waals surface area contributed by atoms with Gasteiger partial charge in [0.25, 0.3) is 0 Å². The van der Waals surface area contributed by atoms with Crippen LogP contribution in [0, 0.1) is 18.6 Å². The van der Waals surface area contributed by atoms with Crippen molar-refractivity contribution in [1.82, 2.24) is 25.2 Å². The summed E-state index contributed by atoms with van der Waals surface area (Å²) in [6.45, 7) is 7.12. The lowest BCUT2D eigenvalue weighted by Crippen LogP contribution is -2.56. The molecule has 3 saturated heterocycles. The minimum absolute atomic E-state index is 0.0321. The average molecular weight is 636 g/mol. The van der Waals surface area contributed by atoms with E-state index in [1.165, 1.54) is 6.92 Å². The molecule has 0 aliphatic carbocycles. The Morgan fingerprint density at radius 3 is 2.76 bits per heavy atom. The van der Waals surface area contributed by atoms with Gasteiger partial charge >= 0.3 is 12.2 Å². The molecule has 0 radical (unpaired) electrons. The second kappa shape index (κ2) is 11.4. The first-order valence-electron chi connectivity index (χ1n) is 15.2. The first-order chi connectivity index (χ1) is 21.5. The third-order valence-corrected chi connectivity index (χ3v) is 9.38. The van der Waals surface area contributed by atoms with Gasteiger partial charge in [-0.2, -0.15) is 23.1 Å². The molecule has 7 rings (SSSR count). The van der Waals surface area contributed by atoms with Crippen LogP contribution >= 0.6 is 0 Å². The van der Waals surface area contributed by atoms with Crippen molar-refractivity contribution in [2.75, 3.05) is 56.6 Å². The molecule has 0 saturated carbocycles. The van der Waals surface area contributed by atoms with Crippen LogP contribution in [0.5, 0.6) is 11.9 Å². The summed E-state index contributed by atoms with van der Waals surface area (Å²) in [7, 11) is 0. The number of hydrogen-bond acceptors (Lipinski definition) is 10. The summed E-state index contributed by atoms with van der Waals surface area (Å²) in [6, 6.07) is 1.14. The van der Waals surface area contributed by atoms with E-state index in [0.717, 1.165) is 25.5 Å². The van der Waals surface area contributed by atoms with Crippen LogP contribution in [0.25, 0.3) is 22.2 Å². The van der Waals surface area contributed by atoms with Crippen molar-refractivity contribution in [2.45, 2.75) is 63.5 Å². The van der Waals surface area contributed by atoms with Gasteiger partial charge in [-0.05, 0) is 43.9 Å². The zero-order valence-corrected chi connectivity index (χ0v) is 24.9. The van der Waals surface area contributed by atoms with Crippen molar-refractivity contribution < 1.29 is 36.2 Å². The normalized spacial score (nSPS) is 25.1. The number of nitrogen functional groups attached to an aromatic ring is 1. The van der Waals surface area contributed by atoms with Gasteiger partial charge in [0.15, 0.2) is 5.82 Å². The lowest BCUT2D eigenvalue weighted by atomic mass is 9.94. The van der Waals surface area contributed by atoms with Crippen molar-refractivity contribution in [2.24, 2.45) is 0 Å². The Balaban J connectivity index is 1.38. The van der Waals surface area contributed by atoms with Crippen LogP contribution in [-0.4, -0.2) is 96.3 Å². The molecular formula is C30H34F5N7O3. The van der Waals surface area contributed by atoms with Gasteiger partial charge in [0.05, 0.1) is 31.4 Å². The summed E-state index contributed by atoms with van der Waals surface area (Å²) in [6.07, 6.45) is -4.80. The fraction of sp³-hybridized carbons (Fsp3) is 0.567. The number of nitrogens with two attached hydrogens (primary N) is 1. The highest BCUT2D eigenvalue weighted by Gasteiger charge is 2.40. The maximum atomic E-state index is 16.7. The monoisotopic (exact) mass is 635 g/mol. The van der Waals surface area contributed by atoms with Crippen LogP contribution in [0.1, 0.15) is 30.9 Å². The molecule has 0 unspecified atom stereocenters. The van der Waals surface area contributed by atoms with Gasteiger partial charge in [-0.15, -0.1) is 0 Å². The topological polar surface area (TPSA) is 111 Å². The number of fused-ring (bicyclic) bond motifs is 3. The number of benzene rings is 1. The van der Waals surface area contributed by atoms with Crippen molar-refractivity contribution in [3.05, 3.63) is 28.8 Å². The Kier molecular flexibility index (Phi) is 7.60. The Morgan fingerprint density at radius 1 is 1.13 bits per heavy atom. The van der Waals surface area contributed by atoms with E-state index in [9.17, 15) is 17.6 Å². The summed E-state index contributed by atoms with van der Waals surface area (Å²) in [5, 5.41) is 3.53. The second-order valence-corrected chi connectivity index (χ2v) is 12.2. The minimum atomic E-state index is -4.71. The number of aromatic nitrogens is 3. The van der Waals surface area contributed by atoms with Gasteiger partial charge in [0.1, 0.15) is 40.9 Å². The maximum Gasteiger partial charge on any atom is 0.393 e. The number of hydrogen-bond donors (Lipinski definition) is 2. The predicted octanol–water partition coefficient (Wildman–Crippen LogP) is 3.77. The predicted molar refractivity (Wildman–Crippen MR) is 156 cm³/mol. The quantitative estimate of drug-likeness (QED) is 0.318. The number of ether oxygens (including phenoxy) is 3. The highest BCUT2D eigenvalue weighted by Crippen LogP contribution is 2.44. The van der Waals surface area contributed by atoms with E-state index in [0.29, 0.717) is 44.7 Å². The SMILES string of the molecule is Cc1c(F)c(N)cc(-c2nc3c4c(nc(OC[C@@H]5CC[C@H]6COCCN65)nc4c2F)N2CCNC[C@H]2[C@H](C)O3)c1CC(F)(F)F.